The summed E-state index contributed by atoms with van der Waals surface area (Å²) in [7, 11) is 0. The highest BCUT2D eigenvalue weighted by molar-refractivity contribution is 5.86. The highest BCUT2D eigenvalue weighted by Crippen LogP contribution is 2.14. The van der Waals surface area contributed by atoms with E-state index in [0.29, 0.717) is 18.7 Å². The SMILES string of the molecule is CC(C)N(CCO)Cc1ccoc1C(=O)O. The lowest BCUT2D eigenvalue weighted by Crippen LogP contribution is -2.33. The number of furan rings is 1. The Kier molecular flexibility index (Phi) is 4.52. The zero-order chi connectivity index (χ0) is 12.1. The van der Waals surface area contributed by atoms with E-state index in [1.807, 2.05) is 18.7 Å². The summed E-state index contributed by atoms with van der Waals surface area (Å²) >= 11 is 0. The summed E-state index contributed by atoms with van der Waals surface area (Å²) in [6.45, 7) is 5.03. The van der Waals surface area contributed by atoms with Crippen molar-refractivity contribution in [2.45, 2.75) is 26.4 Å². The molecule has 1 aromatic rings. The predicted molar refractivity (Wildman–Crippen MR) is 58.3 cm³/mol. The fourth-order valence-electron chi connectivity index (χ4n) is 1.51. The molecule has 0 amide bonds. The Morgan fingerprint density at radius 2 is 2.25 bits per heavy atom. The smallest absolute Gasteiger partial charge is 0.372 e. The number of aromatic carboxylic acids is 1. The molecule has 0 radical (unpaired) electrons. The Hall–Kier alpha value is -1.33. The molecule has 5 heteroatoms. The molecule has 0 saturated carbocycles. The topological polar surface area (TPSA) is 73.9 Å². The number of carboxylic acid groups (broad SMARTS) is 1. The van der Waals surface area contributed by atoms with Crippen LogP contribution >= 0.6 is 0 Å². The van der Waals surface area contributed by atoms with Crippen molar-refractivity contribution in [2.24, 2.45) is 0 Å². The fourth-order valence-corrected chi connectivity index (χ4v) is 1.51. The van der Waals surface area contributed by atoms with Crippen molar-refractivity contribution in [1.29, 1.82) is 0 Å². The summed E-state index contributed by atoms with van der Waals surface area (Å²) in [6, 6.07) is 1.89. The molecular formula is C11H17NO4. The average Bonchev–Trinajstić information content (AvgIpc) is 2.65. The summed E-state index contributed by atoms with van der Waals surface area (Å²) in [5.74, 6) is -1.09. The summed E-state index contributed by atoms with van der Waals surface area (Å²) in [6.07, 6.45) is 1.37. The van der Waals surface area contributed by atoms with Crippen molar-refractivity contribution in [3.05, 3.63) is 23.7 Å². The quantitative estimate of drug-likeness (QED) is 0.763. The van der Waals surface area contributed by atoms with Crippen LogP contribution in [-0.2, 0) is 6.54 Å². The molecule has 90 valence electrons. The zero-order valence-corrected chi connectivity index (χ0v) is 9.51. The predicted octanol–water partition coefficient (Wildman–Crippen LogP) is 1.18. The van der Waals surface area contributed by atoms with Crippen LogP contribution in [0.15, 0.2) is 16.7 Å². The Bertz CT molecular complexity index is 346. The molecule has 0 fully saturated rings. The largest absolute Gasteiger partial charge is 0.475 e. The second kappa shape index (κ2) is 5.67. The second-order valence-corrected chi connectivity index (χ2v) is 3.87. The molecule has 1 rings (SSSR count). The number of hydrogen-bond donors (Lipinski definition) is 2. The molecule has 5 nitrogen and oxygen atoms in total. The van der Waals surface area contributed by atoms with Crippen LogP contribution < -0.4 is 0 Å². The summed E-state index contributed by atoms with van der Waals surface area (Å²) < 4.78 is 4.90. The molecular weight excluding hydrogens is 210 g/mol. The molecule has 16 heavy (non-hydrogen) atoms. The molecule has 0 aliphatic carbocycles. The lowest BCUT2D eigenvalue weighted by Gasteiger charge is -2.25. The van der Waals surface area contributed by atoms with E-state index in [9.17, 15) is 4.79 Å². The Morgan fingerprint density at radius 1 is 1.56 bits per heavy atom. The number of nitrogens with zero attached hydrogens (tertiary/aromatic N) is 1. The lowest BCUT2D eigenvalue weighted by molar-refractivity contribution is 0.0657. The van der Waals surface area contributed by atoms with E-state index in [0.717, 1.165) is 0 Å². The van der Waals surface area contributed by atoms with Gasteiger partial charge in [0.1, 0.15) is 0 Å². The van der Waals surface area contributed by atoms with Crippen molar-refractivity contribution < 1.29 is 19.4 Å². The van der Waals surface area contributed by atoms with Crippen molar-refractivity contribution in [3.8, 4) is 0 Å². The molecule has 0 aromatic carbocycles. The van der Waals surface area contributed by atoms with Crippen LogP contribution in [0.1, 0.15) is 30.0 Å². The van der Waals surface area contributed by atoms with Crippen molar-refractivity contribution in [1.82, 2.24) is 4.90 Å². The number of carbonyl (C=O) groups is 1. The van der Waals surface area contributed by atoms with Gasteiger partial charge in [-0.3, -0.25) is 4.90 Å². The van der Waals surface area contributed by atoms with Crippen molar-refractivity contribution in [3.63, 3.8) is 0 Å². The normalized spacial score (nSPS) is 11.3. The van der Waals surface area contributed by atoms with Gasteiger partial charge in [0, 0.05) is 24.7 Å². The molecule has 0 aliphatic rings. The minimum absolute atomic E-state index is 0.0245. The highest BCUT2D eigenvalue weighted by atomic mass is 16.4. The van der Waals surface area contributed by atoms with Crippen LogP contribution in [0.2, 0.25) is 0 Å². The molecule has 0 unspecified atom stereocenters. The van der Waals surface area contributed by atoms with Crippen molar-refractivity contribution >= 4 is 5.97 Å². The number of hydrogen-bond acceptors (Lipinski definition) is 4. The maximum atomic E-state index is 10.8. The van der Waals surface area contributed by atoms with E-state index in [2.05, 4.69) is 0 Å². The van der Waals surface area contributed by atoms with Gasteiger partial charge in [-0.15, -0.1) is 0 Å². The van der Waals surface area contributed by atoms with Gasteiger partial charge in [0.05, 0.1) is 12.9 Å². The van der Waals surface area contributed by atoms with E-state index in [-0.39, 0.29) is 18.4 Å². The van der Waals surface area contributed by atoms with Crippen LogP contribution in [0.25, 0.3) is 0 Å². The zero-order valence-electron chi connectivity index (χ0n) is 9.51. The minimum Gasteiger partial charge on any atom is -0.475 e. The molecule has 0 atom stereocenters. The molecule has 0 saturated heterocycles. The van der Waals surface area contributed by atoms with Gasteiger partial charge in [0.25, 0.3) is 0 Å². The first-order valence-electron chi connectivity index (χ1n) is 5.20. The average molecular weight is 227 g/mol. The van der Waals surface area contributed by atoms with Gasteiger partial charge in [0.15, 0.2) is 0 Å². The lowest BCUT2D eigenvalue weighted by atomic mass is 10.2. The minimum atomic E-state index is -1.06. The third kappa shape index (κ3) is 3.08. The maximum Gasteiger partial charge on any atom is 0.372 e. The van der Waals surface area contributed by atoms with Crippen LogP contribution in [0, 0.1) is 0 Å². The van der Waals surface area contributed by atoms with Gasteiger partial charge in [-0.25, -0.2) is 4.79 Å². The first-order valence-corrected chi connectivity index (χ1v) is 5.20. The van der Waals surface area contributed by atoms with Crippen LogP contribution in [0.5, 0.6) is 0 Å². The summed E-state index contributed by atoms with van der Waals surface area (Å²) in [5, 5.41) is 17.8. The Balaban J connectivity index is 2.76. The molecule has 2 N–H and O–H groups in total. The van der Waals surface area contributed by atoms with Gasteiger partial charge in [-0.2, -0.15) is 0 Å². The first kappa shape index (κ1) is 12.7. The Labute approximate surface area is 94.3 Å². The fraction of sp³-hybridized carbons (Fsp3) is 0.545. The van der Waals surface area contributed by atoms with Gasteiger partial charge >= 0.3 is 5.97 Å². The van der Waals surface area contributed by atoms with Crippen LogP contribution in [-0.4, -0.2) is 40.3 Å². The molecule has 1 aromatic heterocycles. The third-order valence-electron chi connectivity index (χ3n) is 2.43. The van der Waals surface area contributed by atoms with E-state index >= 15 is 0 Å². The maximum absolute atomic E-state index is 10.8. The van der Waals surface area contributed by atoms with Gasteiger partial charge in [0.2, 0.25) is 5.76 Å². The number of aliphatic hydroxyl groups excluding tert-OH is 1. The van der Waals surface area contributed by atoms with E-state index in [1.54, 1.807) is 6.07 Å². The molecule has 0 bridgehead atoms. The van der Waals surface area contributed by atoms with Crippen molar-refractivity contribution in [2.75, 3.05) is 13.2 Å². The van der Waals surface area contributed by atoms with Crippen LogP contribution in [0.4, 0.5) is 0 Å². The van der Waals surface area contributed by atoms with Crippen LogP contribution in [0.3, 0.4) is 0 Å². The molecule has 0 aliphatic heterocycles. The Morgan fingerprint density at radius 3 is 2.75 bits per heavy atom. The standard InChI is InChI=1S/C11H17NO4/c1-8(2)12(4-5-13)7-9-3-6-16-10(9)11(14)15/h3,6,8,13H,4-5,7H2,1-2H3,(H,14,15). The molecule has 0 spiro atoms. The third-order valence-corrected chi connectivity index (χ3v) is 2.43. The van der Waals surface area contributed by atoms with E-state index in [1.165, 1.54) is 6.26 Å². The monoisotopic (exact) mass is 227 g/mol. The van der Waals surface area contributed by atoms with Gasteiger partial charge < -0.3 is 14.6 Å². The number of rotatable bonds is 6. The molecule has 1 heterocycles. The van der Waals surface area contributed by atoms with E-state index < -0.39 is 5.97 Å². The number of carboxylic acids is 1. The van der Waals surface area contributed by atoms with Gasteiger partial charge in [-0.1, -0.05) is 0 Å². The van der Waals surface area contributed by atoms with Gasteiger partial charge in [-0.05, 0) is 19.9 Å². The highest BCUT2D eigenvalue weighted by Gasteiger charge is 2.17. The number of aliphatic hydroxyl groups is 1. The second-order valence-electron chi connectivity index (χ2n) is 3.87. The summed E-state index contributed by atoms with van der Waals surface area (Å²) in [5.41, 5.74) is 0.634. The van der Waals surface area contributed by atoms with E-state index in [4.69, 9.17) is 14.6 Å². The summed E-state index contributed by atoms with van der Waals surface area (Å²) in [4.78, 5) is 12.8. The first-order chi connectivity index (χ1) is 7.56.